The molecular formula is C20H22N4O2S2. The van der Waals surface area contributed by atoms with Crippen LogP contribution in [-0.4, -0.2) is 26.8 Å². The van der Waals surface area contributed by atoms with Gasteiger partial charge in [0, 0.05) is 11.4 Å². The van der Waals surface area contributed by atoms with Crippen molar-refractivity contribution in [3.63, 3.8) is 0 Å². The minimum Gasteiger partial charge on any atom is -0.337 e. The summed E-state index contributed by atoms with van der Waals surface area (Å²) in [5.74, 6) is 0.131. The maximum atomic E-state index is 13.1. The Hall–Kier alpha value is -2.11. The summed E-state index contributed by atoms with van der Waals surface area (Å²) in [5.41, 5.74) is 0.288. The Kier molecular flexibility index (Phi) is 5.06. The van der Waals surface area contributed by atoms with Crippen LogP contribution in [0.4, 0.5) is 0 Å². The van der Waals surface area contributed by atoms with E-state index in [1.807, 2.05) is 0 Å². The molecule has 1 N–H and O–H groups in total. The van der Waals surface area contributed by atoms with Crippen molar-refractivity contribution in [1.29, 1.82) is 5.26 Å². The predicted molar refractivity (Wildman–Crippen MR) is 112 cm³/mol. The summed E-state index contributed by atoms with van der Waals surface area (Å²) >= 11 is 2.83. The van der Waals surface area contributed by atoms with E-state index in [1.54, 1.807) is 28.9 Å². The first kappa shape index (κ1) is 19.2. The highest BCUT2D eigenvalue weighted by Gasteiger charge is 2.43. The Morgan fingerprint density at radius 2 is 2.32 bits per heavy atom. The predicted octanol–water partition coefficient (Wildman–Crippen LogP) is 3.03. The van der Waals surface area contributed by atoms with Gasteiger partial charge in [0.05, 0.1) is 17.2 Å². The molecular weight excluding hydrogens is 392 g/mol. The molecule has 0 spiro atoms. The Morgan fingerprint density at radius 1 is 1.54 bits per heavy atom. The van der Waals surface area contributed by atoms with Crippen molar-refractivity contribution in [1.82, 2.24) is 14.9 Å². The number of thioether (sulfide) groups is 1. The number of allylic oxidation sites excluding steroid dienone is 1. The van der Waals surface area contributed by atoms with Crippen LogP contribution in [-0.2, 0) is 24.2 Å². The van der Waals surface area contributed by atoms with Gasteiger partial charge in [0.15, 0.2) is 5.16 Å². The molecule has 4 rings (SSSR count). The molecule has 8 heteroatoms. The zero-order valence-corrected chi connectivity index (χ0v) is 17.4. The van der Waals surface area contributed by atoms with Crippen molar-refractivity contribution < 1.29 is 4.79 Å². The fraction of sp³-hybridized carbons (Fsp3) is 0.500. The van der Waals surface area contributed by atoms with E-state index in [0.717, 1.165) is 47.9 Å². The summed E-state index contributed by atoms with van der Waals surface area (Å²) in [6.45, 7) is 5.88. The van der Waals surface area contributed by atoms with E-state index in [1.165, 1.54) is 16.6 Å². The topological polar surface area (TPSA) is 87.8 Å². The lowest BCUT2D eigenvalue weighted by molar-refractivity contribution is -0.119. The zero-order valence-electron chi connectivity index (χ0n) is 15.8. The summed E-state index contributed by atoms with van der Waals surface area (Å²) in [7, 11) is 0. The highest BCUT2D eigenvalue weighted by Crippen LogP contribution is 2.39. The molecule has 1 fully saturated rings. The number of aromatic nitrogens is 2. The smallest absolute Gasteiger partial charge is 0.263 e. The largest absolute Gasteiger partial charge is 0.337 e. The number of nitriles is 1. The Balaban J connectivity index is 1.59. The van der Waals surface area contributed by atoms with Gasteiger partial charge in [0.1, 0.15) is 10.4 Å². The van der Waals surface area contributed by atoms with Crippen LogP contribution in [0.1, 0.15) is 36.6 Å². The van der Waals surface area contributed by atoms with Crippen LogP contribution in [0.5, 0.6) is 0 Å². The first-order chi connectivity index (χ1) is 13.5. The number of hydrogen-bond acceptors (Lipinski definition) is 6. The van der Waals surface area contributed by atoms with Gasteiger partial charge in [0.2, 0.25) is 5.91 Å². The molecule has 1 amide bonds. The molecule has 1 saturated carbocycles. The molecule has 0 aliphatic heterocycles. The van der Waals surface area contributed by atoms with E-state index < -0.39 is 5.54 Å². The maximum Gasteiger partial charge on any atom is 0.263 e. The van der Waals surface area contributed by atoms with Crippen LogP contribution in [0.15, 0.2) is 22.6 Å². The monoisotopic (exact) mass is 414 g/mol. The summed E-state index contributed by atoms with van der Waals surface area (Å²) in [5, 5.41) is 13.5. The first-order valence-electron chi connectivity index (χ1n) is 9.48. The van der Waals surface area contributed by atoms with Crippen molar-refractivity contribution in [2.45, 2.75) is 56.3 Å². The Labute approximate surface area is 171 Å². The first-order valence-corrected chi connectivity index (χ1v) is 11.3. The third-order valence-electron chi connectivity index (χ3n) is 5.46. The second-order valence-electron chi connectivity index (χ2n) is 7.56. The maximum absolute atomic E-state index is 13.1. The summed E-state index contributed by atoms with van der Waals surface area (Å²) in [4.78, 5) is 32.3. The van der Waals surface area contributed by atoms with Crippen molar-refractivity contribution in [2.24, 2.45) is 5.92 Å². The number of carbonyl (C=O) groups is 1. The van der Waals surface area contributed by atoms with Gasteiger partial charge in [-0.05, 0) is 50.5 Å². The molecule has 0 aromatic carbocycles. The normalized spacial score (nSPS) is 17.7. The number of rotatable bonds is 7. The van der Waals surface area contributed by atoms with E-state index in [4.69, 9.17) is 4.98 Å². The van der Waals surface area contributed by atoms with E-state index in [9.17, 15) is 14.9 Å². The fourth-order valence-electron chi connectivity index (χ4n) is 3.80. The lowest BCUT2D eigenvalue weighted by Crippen LogP contribution is -2.47. The molecule has 0 unspecified atom stereocenters. The van der Waals surface area contributed by atoms with Gasteiger partial charge in [0.25, 0.3) is 5.56 Å². The van der Waals surface area contributed by atoms with Gasteiger partial charge in [-0.2, -0.15) is 5.26 Å². The molecule has 28 heavy (non-hydrogen) atoms. The van der Waals surface area contributed by atoms with Crippen molar-refractivity contribution >= 4 is 39.2 Å². The SMILES string of the molecule is C=CCn1c(SCC(=O)N[C@](C)(C#N)C2CC2)nc2sc3c(c2c1=O)CCC3. The number of amides is 1. The standard InChI is InChI=1S/C20H22N4O2S2/c1-3-9-24-18(26)16-13-5-4-6-14(13)28-17(16)22-19(24)27-10-15(25)23-20(2,11-21)12-7-8-12/h3,12H,1,4-10H2,2H3,(H,23,25)/t20-/m1/s1. The van der Waals surface area contributed by atoms with Gasteiger partial charge >= 0.3 is 0 Å². The minimum absolute atomic E-state index is 0.0490. The third-order valence-corrected chi connectivity index (χ3v) is 7.62. The highest BCUT2D eigenvalue weighted by atomic mass is 32.2. The van der Waals surface area contributed by atoms with Gasteiger partial charge in [-0.3, -0.25) is 14.2 Å². The molecule has 2 aromatic rings. The van der Waals surface area contributed by atoms with E-state index in [0.29, 0.717) is 11.7 Å². The number of nitrogens with one attached hydrogen (secondary N) is 1. The molecule has 0 saturated heterocycles. The lowest BCUT2D eigenvalue weighted by atomic mass is 9.98. The Bertz CT molecular complexity index is 1060. The average molecular weight is 415 g/mol. The summed E-state index contributed by atoms with van der Waals surface area (Å²) in [6.07, 6.45) is 6.65. The number of hydrogen-bond donors (Lipinski definition) is 1. The molecule has 2 heterocycles. The summed E-state index contributed by atoms with van der Waals surface area (Å²) in [6, 6.07) is 2.23. The van der Waals surface area contributed by atoms with Gasteiger partial charge < -0.3 is 5.32 Å². The van der Waals surface area contributed by atoms with Gasteiger partial charge in [-0.25, -0.2) is 4.98 Å². The van der Waals surface area contributed by atoms with Crippen LogP contribution < -0.4 is 10.9 Å². The number of nitrogens with zero attached hydrogens (tertiary/aromatic N) is 3. The van der Waals surface area contributed by atoms with E-state index >= 15 is 0 Å². The average Bonchev–Trinajstić information content (AvgIpc) is 3.34. The highest BCUT2D eigenvalue weighted by molar-refractivity contribution is 7.99. The molecule has 2 aliphatic carbocycles. The zero-order chi connectivity index (χ0) is 19.9. The molecule has 146 valence electrons. The molecule has 0 radical (unpaired) electrons. The molecule has 6 nitrogen and oxygen atoms in total. The van der Waals surface area contributed by atoms with E-state index in [-0.39, 0.29) is 23.1 Å². The van der Waals surface area contributed by atoms with Crippen LogP contribution in [0, 0.1) is 17.2 Å². The van der Waals surface area contributed by atoms with Crippen molar-refractivity contribution in [2.75, 3.05) is 5.75 Å². The molecule has 2 aromatic heterocycles. The quantitative estimate of drug-likeness (QED) is 0.427. The lowest BCUT2D eigenvalue weighted by Gasteiger charge is -2.22. The number of thiophene rings is 1. The second kappa shape index (κ2) is 7.37. The van der Waals surface area contributed by atoms with Crippen LogP contribution in [0.3, 0.4) is 0 Å². The van der Waals surface area contributed by atoms with Crippen molar-refractivity contribution in [3.8, 4) is 6.07 Å². The van der Waals surface area contributed by atoms with Crippen LogP contribution >= 0.6 is 23.1 Å². The molecule has 0 bridgehead atoms. The number of aryl methyl sites for hydroxylation is 2. The molecule has 1 atom stereocenters. The van der Waals surface area contributed by atoms with Gasteiger partial charge in [-0.1, -0.05) is 17.8 Å². The Morgan fingerprint density at radius 3 is 3.00 bits per heavy atom. The number of fused-ring (bicyclic) bond motifs is 3. The second-order valence-corrected chi connectivity index (χ2v) is 9.59. The van der Waals surface area contributed by atoms with E-state index in [2.05, 4.69) is 18.0 Å². The fourth-order valence-corrected chi connectivity index (χ4v) is 5.91. The molecule has 2 aliphatic rings. The van der Waals surface area contributed by atoms with Crippen LogP contribution in [0.2, 0.25) is 0 Å². The third kappa shape index (κ3) is 3.38. The van der Waals surface area contributed by atoms with Crippen molar-refractivity contribution in [3.05, 3.63) is 33.4 Å². The summed E-state index contributed by atoms with van der Waals surface area (Å²) < 4.78 is 1.60. The van der Waals surface area contributed by atoms with Gasteiger partial charge in [-0.15, -0.1) is 17.9 Å². The number of carbonyl (C=O) groups excluding carboxylic acids is 1. The van der Waals surface area contributed by atoms with Crippen LogP contribution in [0.25, 0.3) is 10.2 Å². The minimum atomic E-state index is -0.815.